The van der Waals surface area contributed by atoms with E-state index in [-0.39, 0.29) is 17.4 Å². The minimum absolute atomic E-state index is 0.270. The second-order valence-corrected chi connectivity index (χ2v) is 8.73. The number of carbonyl (C=O) groups excluding carboxylic acids is 1. The molecule has 0 fully saturated rings. The molecule has 2 aromatic heterocycles. The Kier molecular flexibility index (Phi) is 5.06. The minimum atomic E-state index is -3.67. The Morgan fingerprint density at radius 3 is 2.65 bits per heavy atom. The van der Waals surface area contributed by atoms with Gasteiger partial charge < -0.3 is 9.72 Å². The summed E-state index contributed by atoms with van der Waals surface area (Å²) in [6, 6.07) is 8.62. The maximum Gasteiger partial charge on any atom is 0.354 e. The fraction of sp³-hybridized carbons (Fsp3) is 0.278. The number of aromatic amines is 1. The van der Waals surface area contributed by atoms with Gasteiger partial charge in [0.05, 0.1) is 17.8 Å². The van der Waals surface area contributed by atoms with Gasteiger partial charge in [0, 0.05) is 11.9 Å². The van der Waals surface area contributed by atoms with E-state index >= 15 is 0 Å². The number of ether oxygens (including phenoxy) is 1. The summed E-state index contributed by atoms with van der Waals surface area (Å²) in [7, 11) is -3.67. The SMILES string of the molecule is CCOC(=O)c1cc2c(C)ccc(N(CC)S(=O)(=O)c3cccs3)c2[nH]1. The Morgan fingerprint density at radius 2 is 2.04 bits per heavy atom. The van der Waals surface area contributed by atoms with E-state index in [1.165, 1.54) is 15.6 Å². The van der Waals surface area contributed by atoms with Crippen LogP contribution in [0, 0.1) is 6.92 Å². The number of aromatic nitrogens is 1. The smallest absolute Gasteiger partial charge is 0.354 e. The van der Waals surface area contributed by atoms with Crippen molar-refractivity contribution in [1.82, 2.24) is 4.98 Å². The number of nitrogens with one attached hydrogen (secondary N) is 1. The topological polar surface area (TPSA) is 79.5 Å². The highest BCUT2D eigenvalue weighted by Crippen LogP contribution is 2.34. The van der Waals surface area contributed by atoms with Crippen LogP contribution in [0.3, 0.4) is 0 Å². The van der Waals surface area contributed by atoms with Gasteiger partial charge in [0.25, 0.3) is 10.0 Å². The number of nitrogens with zero attached hydrogens (tertiary/aromatic N) is 1. The third-order valence-electron chi connectivity index (χ3n) is 4.08. The highest BCUT2D eigenvalue weighted by atomic mass is 32.2. The molecule has 0 radical (unpaired) electrons. The van der Waals surface area contributed by atoms with Crippen LogP contribution < -0.4 is 4.31 Å². The average molecular weight is 393 g/mol. The monoisotopic (exact) mass is 392 g/mol. The van der Waals surface area contributed by atoms with Gasteiger partial charge in [-0.05, 0) is 49.9 Å². The van der Waals surface area contributed by atoms with Crippen molar-refractivity contribution in [3.05, 3.63) is 47.0 Å². The lowest BCUT2D eigenvalue weighted by molar-refractivity contribution is 0.0520. The van der Waals surface area contributed by atoms with Crippen molar-refractivity contribution in [2.75, 3.05) is 17.5 Å². The number of aryl methyl sites for hydroxylation is 1. The van der Waals surface area contributed by atoms with E-state index < -0.39 is 16.0 Å². The number of fused-ring (bicyclic) bond motifs is 1. The normalized spacial score (nSPS) is 11.7. The zero-order chi connectivity index (χ0) is 18.9. The summed E-state index contributed by atoms with van der Waals surface area (Å²) in [4.78, 5) is 15.1. The molecule has 0 atom stereocenters. The van der Waals surface area contributed by atoms with E-state index in [9.17, 15) is 13.2 Å². The standard InChI is InChI=1S/C18H20N2O4S2/c1-4-20(26(22,23)16-7-6-10-25-16)15-9-8-12(3)13-11-14(19-17(13)15)18(21)24-5-2/h6-11,19H,4-5H2,1-3H3. The van der Waals surface area contributed by atoms with Gasteiger partial charge in [-0.2, -0.15) is 0 Å². The van der Waals surface area contributed by atoms with Gasteiger partial charge in [0.15, 0.2) is 0 Å². The quantitative estimate of drug-likeness (QED) is 0.645. The number of sulfonamides is 1. The van der Waals surface area contributed by atoms with Crippen molar-refractivity contribution in [2.24, 2.45) is 0 Å². The van der Waals surface area contributed by atoms with E-state index in [4.69, 9.17) is 4.74 Å². The molecule has 2 heterocycles. The van der Waals surface area contributed by atoms with Crippen molar-refractivity contribution < 1.29 is 17.9 Å². The molecule has 138 valence electrons. The maximum atomic E-state index is 13.0. The van der Waals surface area contributed by atoms with Gasteiger partial charge in [-0.1, -0.05) is 12.1 Å². The van der Waals surface area contributed by atoms with Gasteiger partial charge in [0.1, 0.15) is 9.90 Å². The molecule has 0 saturated heterocycles. The fourth-order valence-electron chi connectivity index (χ4n) is 2.86. The summed E-state index contributed by atoms with van der Waals surface area (Å²) in [5, 5.41) is 2.53. The summed E-state index contributed by atoms with van der Waals surface area (Å²) >= 11 is 1.18. The predicted molar refractivity (Wildman–Crippen MR) is 104 cm³/mol. The van der Waals surface area contributed by atoms with Crippen LogP contribution in [-0.2, 0) is 14.8 Å². The molecule has 1 aromatic carbocycles. The molecule has 0 aliphatic carbocycles. The van der Waals surface area contributed by atoms with Crippen molar-refractivity contribution in [3.8, 4) is 0 Å². The van der Waals surface area contributed by atoms with Gasteiger partial charge in [0.2, 0.25) is 0 Å². The summed E-state index contributed by atoms with van der Waals surface area (Å²) in [5.41, 5.74) is 2.37. The zero-order valence-electron chi connectivity index (χ0n) is 14.8. The number of hydrogen-bond donors (Lipinski definition) is 1. The summed E-state index contributed by atoms with van der Waals surface area (Å²) in [6.45, 7) is 5.98. The molecule has 3 aromatic rings. The van der Waals surface area contributed by atoms with Gasteiger partial charge >= 0.3 is 5.97 Å². The second kappa shape index (κ2) is 7.13. The van der Waals surface area contributed by atoms with Crippen LogP contribution in [0.5, 0.6) is 0 Å². The number of anilines is 1. The van der Waals surface area contributed by atoms with Gasteiger partial charge in [-0.15, -0.1) is 11.3 Å². The molecule has 26 heavy (non-hydrogen) atoms. The Hall–Kier alpha value is -2.32. The number of rotatable bonds is 6. The molecule has 0 bridgehead atoms. The third kappa shape index (κ3) is 3.10. The van der Waals surface area contributed by atoms with Crippen molar-refractivity contribution >= 4 is 43.9 Å². The Balaban J connectivity index is 2.17. The predicted octanol–water partition coefficient (Wildman–Crippen LogP) is 3.93. The fourth-order valence-corrected chi connectivity index (χ4v) is 5.45. The van der Waals surface area contributed by atoms with E-state index in [0.29, 0.717) is 16.9 Å². The lowest BCUT2D eigenvalue weighted by atomic mass is 10.1. The molecule has 0 unspecified atom stereocenters. The van der Waals surface area contributed by atoms with E-state index in [1.807, 2.05) is 13.0 Å². The number of thiophene rings is 1. The van der Waals surface area contributed by atoms with Crippen molar-refractivity contribution in [3.63, 3.8) is 0 Å². The molecule has 3 rings (SSSR count). The molecule has 0 saturated carbocycles. The third-order valence-corrected chi connectivity index (χ3v) is 7.34. The first-order valence-electron chi connectivity index (χ1n) is 8.25. The highest BCUT2D eigenvalue weighted by Gasteiger charge is 2.27. The molecule has 0 spiro atoms. The minimum Gasteiger partial charge on any atom is -0.461 e. The molecule has 0 aliphatic rings. The lowest BCUT2D eigenvalue weighted by Crippen LogP contribution is -2.30. The molecule has 0 aliphatic heterocycles. The van der Waals surface area contributed by atoms with E-state index in [2.05, 4.69) is 4.98 Å². The summed E-state index contributed by atoms with van der Waals surface area (Å²) in [5.74, 6) is -0.460. The zero-order valence-corrected chi connectivity index (χ0v) is 16.4. The number of esters is 1. The summed E-state index contributed by atoms with van der Waals surface area (Å²) < 4.78 is 32.7. The molecular formula is C18H20N2O4S2. The molecular weight excluding hydrogens is 372 g/mol. The Morgan fingerprint density at radius 1 is 1.27 bits per heavy atom. The Bertz CT molecular complexity index is 1040. The van der Waals surface area contributed by atoms with Gasteiger partial charge in [-0.25, -0.2) is 13.2 Å². The van der Waals surface area contributed by atoms with Crippen LogP contribution in [0.15, 0.2) is 39.9 Å². The van der Waals surface area contributed by atoms with Gasteiger partial charge in [-0.3, -0.25) is 4.31 Å². The number of hydrogen-bond acceptors (Lipinski definition) is 5. The van der Waals surface area contributed by atoms with Crippen LogP contribution in [0.1, 0.15) is 29.9 Å². The van der Waals surface area contributed by atoms with Crippen LogP contribution in [0.2, 0.25) is 0 Å². The Labute approximate surface area is 156 Å². The van der Waals surface area contributed by atoms with Crippen LogP contribution in [0.25, 0.3) is 10.9 Å². The second-order valence-electron chi connectivity index (χ2n) is 5.70. The maximum absolute atomic E-state index is 13.0. The first-order chi connectivity index (χ1) is 12.4. The highest BCUT2D eigenvalue weighted by molar-refractivity contribution is 7.94. The first kappa shape index (κ1) is 18.5. The first-order valence-corrected chi connectivity index (χ1v) is 10.6. The van der Waals surface area contributed by atoms with Crippen LogP contribution in [0.4, 0.5) is 5.69 Å². The number of H-pyrrole nitrogens is 1. The van der Waals surface area contributed by atoms with E-state index in [0.717, 1.165) is 10.9 Å². The van der Waals surface area contributed by atoms with E-state index in [1.54, 1.807) is 43.5 Å². The summed E-state index contributed by atoms with van der Waals surface area (Å²) in [6.07, 6.45) is 0. The van der Waals surface area contributed by atoms with Crippen LogP contribution in [-0.4, -0.2) is 32.5 Å². The molecule has 8 heteroatoms. The van der Waals surface area contributed by atoms with Crippen molar-refractivity contribution in [1.29, 1.82) is 0 Å². The number of benzene rings is 1. The molecule has 6 nitrogen and oxygen atoms in total. The largest absolute Gasteiger partial charge is 0.461 e. The number of carbonyl (C=O) groups is 1. The average Bonchev–Trinajstić information content (AvgIpc) is 3.28. The molecule has 0 amide bonds. The van der Waals surface area contributed by atoms with Crippen LogP contribution >= 0.6 is 11.3 Å². The molecule has 1 N–H and O–H groups in total. The van der Waals surface area contributed by atoms with Crippen molar-refractivity contribution in [2.45, 2.75) is 25.0 Å². The lowest BCUT2D eigenvalue weighted by Gasteiger charge is -2.23.